The lowest BCUT2D eigenvalue weighted by molar-refractivity contribution is -0.126. The molecule has 1 aliphatic carbocycles. The molecule has 94 valence electrons. The molecule has 1 aliphatic rings. The SMILES string of the molecule is NC1CCCCCC1C(=O)NCc1cscn1. The van der Waals surface area contributed by atoms with Crippen LogP contribution >= 0.6 is 11.3 Å². The number of nitrogens with zero attached hydrogens (tertiary/aromatic N) is 1. The monoisotopic (exact) mass is 253 g/mol. The fourth-order valence-electron chi connectivity index (χ4n) is 2.30. The Morgan fingerprint density at radius 2 is 2.29 bits per heavy atom. The van der Waals surface area contributed by atoms with Gasteiger partial charge in [-0.1, -0.05) is 19.3 Å². The zero-order chi connectivity index (χ0) is 12.1. The van der Waals surface area contributed by atoms with Crippen LogP contribution in [0.3, 0.4) is 0 Å². The van der Waals surface area contributed by atoms with Crippen molar-refractivity contribution < 1.29 is 4.79 Å². The van der Waals surface area contributed by atoms with E-state index in [0.717, 1.165) is 31.4 Å². The van der Waals surface area contributed by atoms with E-state index < -0.39 is 0 Å². The fourth-order valence-corrected chi connectivity index (χ4v) is 2.85. The van der Waals surface area contributed by atoms with Gasteiger partial charge >= 0.3 is 0 Å². The first-order valence-corrected chi connectivity index (χ1v) is 7.12. The highest BCUT2D eigenvalue weighted by atomic mass is 32.1. The summed E-state index contributed by atoms with van der Waals surface area (Å²) in [5.41, 5.74) is 8.75. The van der Waals surface area contributed by atoms with E-state index in [1.165, 1.54) is 6.42 Å². The quantitative estimate of drug-likeness (QED) is 0.805. The van der Waals surface area contributed by atoms with E-state index in [9.17, 15) is 4.79 Å². The first-order valence-electron chi connectivity index (χ1n) is 6.17. The van der Waals surface area contributed by atoms with Gasteiger partial charge in [-0.2, -0.15) is 0 Å². The predicted octanol–water partition coefficient (Wildman–Crippen LogP) is 1.67. The lowest BCUT2D eigenvalue weighted by Gasteiger charge is -2.20. The number of carbonyl (C=O) groups is 1. The Morgan fingerprint density at radius 1 is 1.47 bits per heavy atom. The minimum Gasteiger partial charge on any atom is -0.350 e. The van der Waals surface area contributed by atoms with Gasteiger partial charge in [-0.05, 0) is 12.8 Å². The van der Waals surface area contributed by atoms with Crippen LogP contribution in [0.4, 0.5) is 0 Å². The van der Waals surface area contributed by atoms with Gasteiger partial charge in [0.15, 0.2) is 0 Å². The van der Waals surface area contributed by atoms with E-state index in [1.54, 1.807) is 16.8 Å². The number of rotatable bonds is 3. The molecule has 1 saturated carbocycles. The summed E-state index contributed by atoms with van der Waals surface area (Å²) in [4.78, 5) is 16.2. The molecular weight excluding hydrogens is 234 g/mol. The van der Waals surface area contributed by atoms with Crippen LogP contribution in [-0.4, -0.2) is 16.9 Å². The maximum Gasteiger partial charge on any atom is 0.224 e. The molecule has 0 saturated heterocycles. The Bertz CT molecular complexity index is 353. The van der Waals surface area contributed by atoms with Crippen molar-refractivity contribution in [3.8, 4) is 0 Å². The van der Waals surface area contributed by atoms with Crippen LogP contribution in [0.1, 0.15) is 37.8 Å². The van der Waals surface area contributed by atoms with Crippen molar-refractivity contribution in [2.45, 2.75) is 44.7 Å². The lowest BCUT2D eigenvalue weighted by atomic mass is 9.94. The molecule has 2 rings (SSSR count). The first kappa shape index (κ1) is 12.5. The summed E-state index contributed by atoms with van der Waals surface area (Å²) in [5.74, 6) is 0.0727. The van der Waals surface area contributed by atoms with E-state index in [-0.39, 0.29) is 17.9 Å². The third kappa shape index (κ3) is 3.51. The number of nitrogens with one attached hydrogen (secondary N) is 1. The molecule has 1 heterocycles. The van der Waals surface area contributed by atoms with Crippen molar-refractivity contribution in [2.24, 2.45) is 11.7 Å². The Kier molecular flexibility index (Phi) is 4.50. The normalized spacial score (nSPS) is 25.2. The van der Waals surface area contributed by atoms with Crippen LogP contribution < -0.4 is 11.1 Å². The van der Waals surface area contributed by atoms with E-state index in [4.69, 9.17) is 5.73 Å². The van der Waals surface area contributed by atoms with Crippen LogP contribution in [0.25, 0.3) is 0 Å². The lowest BCUT2D eigenvalue weighted by Crippen LogP contribution is -2.41. The Labute approximate surface area is 106 Å². The van der Waals surface area contributed by atoms with Crippen molar-refractivity contribution in [3.63, 3.8) is 0 Å². The van der Waals surface area contributed by atoms with Gasteiger partial charge < -0.3 is 11.1 Å². The van der Waals surface area contributed by atoms with Gasteiger partial charge in [0.25, 0.3) is 0 Å². The summed E-state index contributed by atoms with van der Waals surface area (Å²) in [7, 11) is 0. The maximum atomic E-state index is 12.0. The Hall–Kier alpha value is -0.940. The molecule has 1 aromatic rings. The van der Waals surface area contributed by atoms with Gasteiger partial charge in [0.05, 0.1) is 23.7 Å². The van der Waals surface area contributed by atoms with Crippen molar-refractivity contribution in [1.29, 1.82) is 0 Å². The highest BCUT2D eigenvalue weighted by Gasteiger charge is 2.26. The van der Waals surface area contributed by atoms with Crippen molar-refractivity contribution in [3.05, 3.63) is 16.6 Å². The van der Waals surface area contributed by atoms with Gasteiger partial charge in [0.2, 0.25) is 5.91 Å². The smallest absolute Gasteiger partial charge is 0.224 e. The van der Waals surface area contributed by atoms with Gasteiger partial charge in [-0.15, -0.1) is 11.3 Å². The highest BCUT2D eigenvalue weighted by Crippen LogP contribution is 2.22. The first-order chi connectivity index (χ1) is 8.27. The van der Waals surface area contributed by atoms with Gasteiger partial charge in [0, 0.05) is 11.4 Å². The van der Waals surface area contributed by atoms with Crippen LogP contribution in [0.15, 0.2) is 10.9 Å². The van der Waals surface area contributed by atoms with Gasteiger partial charge in [0.1, 0.15) is 0 Å². The molecule has 1 amide bonds. The molecule has 1 fully saturated rings. The molecule has 3 N–H and O–H groups in total. The molecule has 17 heavy (non-hydrogen) atoms. The number of carbonyl (C=O) groups excluding carboxylic acids is 1. The number of nitrogens with two attached hydrogens (primary N) is 1. The summed E-state index contributed by atoms with van der Waals surface area (Å²) >= 11 is 1.54. The molecule has 2 atom stereocenters. The molecule has 2 unspecified atom stereocenters. The molecular formula is C12H19N3OS. The Balaban J connectivity index is 1.85. The summed E-state index contributed by atoms with van der Waals surface area (Å²) in [6, 6.07) is 0.0212. The van der Waals surface area contributed by atoms with E-state index in [0.29, 0.717) is 6.54 Å². The average molecular weight is 253 g/mol. The number of aromatic nitrogens is 1. The number of hydrogen-bond acceptors (Lipinski definition) is 4. The zero-order valence-corrected chi connectivity index (χ0v) is 10.7. The molecule has 4 nitrogen and oxygen atoms in total. The van der Waals surface area contributed by atoms with Gasteiger partial charge in [-0.3, -0.25) is 4.79 Å². The topological polar surface area (TPSA) is 68.0 Å². The number of hydrogen-bond donors (Lipinski definition) is 2. The summed E-state index contributed by atoms with van der Waals surface area (Å²) in [6.07, 6.45) is 5.35. The fraction of sp³-hybridized carbons (Fsp3) is 0.667. The third-order valence-electron chi connectivity index (χ3n) is 3.33. The second-order valence-electron chi connectivity index (χ2n) is 4.61. The number of amides is 1. The van der Waals surface area contributed by atoms with Crippen molar-refractivity contribution >= 4 is 17.2 Å². The van der Waals surface area contributed by atoms with E-state index in [1.807, 2.05) is 5.38 Å². The predicted molar refractivity (Wildman–Crippen MR) is 68.5 cm³/mol. The van der Waals surface area contributed by atoms with Crippen LogP contribution in [-0.2, 0) is 11.3 Å². The molecule has 0 aromatic carbocycles. The minimum absolute atomic E-state index is 0.0175. The molecule has 0 radical (unpaired) electrons. The molecule has 0 aliphatic heterocycles. The standard InChI is InChI=1S/C12H19N3OS/c13-11-5-3-1-2-4-10(11)12(16)14-6-9-7-17-8-15-9/h7-8,10-11H,1-6,13H2,(H,14,16). The second kappa shape index (κ2) is 6.12. The Morgan fingerprint density at radius 3 is 3.06 bits per heavy atom. The molecule has 5 heteroatoms. The van der Waals surface area contributed by atoms with Crippen LogP contribution in [0, 0.1) is 5.92 Å². The van der Waals surface area contributed by atoms with Crippen LogP contribution in [0.2, 0.25) is 0 Å². The highest BCUT2D eigenvalue weighted by molar-refractivity contribution is 7.07. The maximum absolute atomic E-state index is 12.0. The number of thiazole rings is 1. The molecule has 0 bridgehead atoms. The molecule has 0 spiro atoms. The summed E-state index contributed by atoms with van der Waals surface area (Å²) < 4.78 is 0. The third-order valence-corrected chi connectivity index (χ3v) is 3.97. The van der Waals surface area contributed by atoms with Gasteiger partial charge in [-0.25, -0.2) is 4.98 Å². The van der Waals surface area contributed by atoms with Crippen molar-refractivity contribution in [2.75, 3.05) is 0 Å². The summed E-state index contributed by atoms with van der Waals surface area (Å²) in [6.45, 7) is 0.519. The van der Waals surface area contributed by atoms with Crippen molar-refractivity contribution in [1.82, 2.24) is 10.3 Å². The van der Waals surface area contributed by atoms with E-state index >= 15 is 0 Å². The second-order valence-corrected chi connectivity index (χ2v) is 5.32. The average Bonchev–Trinajstić information content (AvgIpc) is 2.75. The zero-order valence-electron chi connectivity index (χ0n) is 9.89. The summed E-state index contributed by atoms with van der Waals surface area (Å²) in [5, 5.41) is 4.89. The minimum atomic E-state index is -0.0175. The van der Waals surface area contributed by atoms with Crippen LogP contribution in [0.5, 0.6) is 0 Å². The molecule has 1 aromatic heterocycles. The largest absolute Gasteiger partial charge is 0.350 e. The van der Waals surface area contributed by atoms with E-state index in [2.05, 4.69) is 10.3 Å².